The van der Waals surface area contributed by atoms with Crippen molar-refractivity contribution in [2.24, 2.45) is 0 Å². The molecular weight excluding hydrogens is 419 g/mol. The molecule has 1 aromatic rings. The summed E-state index contributed by atoms with van der Waals surface area (Å²) in [5.74, 6) is 0. The minimum absolute atomic E-state index is 0.0430. The van der Waals surface area contributed by atoms with Crippen molar-refractivity contribution in [2.75, 3.05) is 58.9 Å². The van der Waals surface area contributed by atoms with Crippen LogP contribution in [0.15, 0.2) is 24.3 Å². The molecule has 3 saturated heterocycles. The molecular formula is C24H44BClN6. The van der Waals surface area contributed by atoms with Crippen LogP contribution in [0.25, 0.3) is 0 Å². The third-order valence-corrected chi connectivity index (χ3v) is 7.26. The topological polar surface area (TPSA) is 72.2 Å². The summed E-state index contributed by atoms with van der Waals surface area (Å²) in [6.45, 7) is 12.0. The lowest BCUT2D eigenvalue weighted by Gasteiger charge is -2.38. The fourth-order valence-corrected chi connectivity index (χ4v) is 5.24. The normalized spacial score (nSPS) is 29.1. The second-order valence-electron chi connectivity index (χ2n) is 9.69. The Kier molecular flexibility index (Phi) is 11.3. The van der Waals surface area contributed by atoms with Gasteiger partial charge in [0.25, 0.3) is 0 Å². The molecule has 3 heterocycles. The summed E-state index contributed by atoms with van der Waals surface area (Å²) in [5.41, 5.74) is 1.47. The third kappa shape index (κ3) is 8.60. The number of hydrogen-bond acceptors (Lipinski definition) is 6. The lowest BCUT2D eigenvalue weighted by molar-refractivity contribution is 0.259. The van der Waals surface area contributed by atoms with Gasteiger partial charge < -0.3 is 31.9 Å². The van der Waals surface area contributed by atoms with E-state index in [-0.39, 0.29) is 11.1 Å². The van der Waals surface area contributed by atoms with Gasteiger partial charge >= 0.3 is 0 Å². The van der Waals surface area contributed by atoms with Crippen molar-refractivity contribution in [1.29, 1.82) is 0 Å². The van der Waals surface area contributed by atoms with Crippen molar-refractivity contribution in [3.63, 3.8) is 0 Å². The smallest absolute Gasteiger partial charge is 0.123 e. The Morgan fingerprint density at radius 2 is 1.44 bits per heavy atom. The fraction of sp³-hybridized carbons (Fsp3) is 0.750. The molecule has 0 radical (unpaired) electrons. The Bertz CT molecular complexity index is 600. The van der Waals surface area contributed by atoms with Crippen molar-refractivity contribution in [1.82, 2.24) is 31.9 Å². The summed E-state index contributed by atoms with van der Waals surface area (Å²) in [7, 11) is 1.29. The van der Waals surface area contributed by atoms with Gasteiger partial charge in [0.15, 0.2) is 0 Å². The molecule has 1 aromatic carbocycles. The van der Waals surface area contributed by atoms with Crippen LogP contribution in [0.4, 0.5) is 0 Å². The molecule has 0 aliphatic carbocycles. The fourth-order valence-electron chi connectivity index (χ4n) is 5.12. The monoisotopic (exact) mass is 462 g/mol. The molecule has 2 bridgehead atoms. The Morgan fingerprint density at radius 3 is 2.03 bits per heavy atom. The highest BCUT2D eigenvalue weighted by molar-refractivity contribution is 6.35. The molecule has 6 nitrogen and oxygen atoms in total. The quantitative estimate of drug-likeness (QED) is 0.371. The number of halogens is 1. The molecule has 32 heavy (non-hydrogen) atoms. The van der Waals surface area contributed by atoms with Crippen LogP contribution >= 0.6 is 11.6 Å². The van der Waals surface area contributed by atoms with E-state index in [0.29, 0.717) is 0 Å². The van der Waals surface area contributed by atoms with E-state index >= 15 is 0 Å². The molecule has 0 spiro atoms. The highest BCUT2D eigenvalue weighted by Crippen LogP contribution is 2.19. The van der Waals surface area contributed by atoms with E-state index in [1.165, 1.54) is 44.7 Å². The molecule has 0 aromatic heterocycles. The number of nitrogens with one attached hydrogen (secondary N) is 6. The van der Waals surface area contributed by atoms with Crippen LogP contribution < -0.4 is 31.9 Å². The van der Waals surface area contributed by atoms with E-state index in [2.05, 4.69) is 51.0 Å². The predicted molar refractivity (Wildman–Crippen MR) is 140 cm³/mol. The SMILES string of the molecule is CCNC12CBCCCCC(NCc3ccc(Cl)cc3)(CNCCNC1)CNCCNC2. The van der Waals surface area contributed by atoms with Crippen molar-refractivity contribution in [2.45, 2.75) is 56.4 Å². The van der Waals surface area contributed by atoms with Crippen molar-refractivity contribution < 1.29 is 0 Å². The zero-order chi connectivity index (χ0) is 22.5. The Balaban J connectivity index is 1.71. The maximum absolute atomic E-state index is 6.09. The second kappa shape index (κ2) is 13.9. The lowest BCUT2D eigenvalue weighted by atomic mass is 9.62. The zero-order valence-electron chi connectivity index (χ0n) is 20.0. The summed E-state index contributed by atoms with van der Waals surface area (Å²) < 4.78 is 0. The van der Waals surface area contributed by atoms with Crippen LogP contribution in [0.5, 0.6) is 0 Å². The van der Waals surface area contributed by atoms with Crippen molar-refractivity contribution in [3.8, 4) is 0 Å². The summed E-state index contributed by atoms with van der Waals surface area (Å²) in [4.78, 5) is 0. The molecule has 3 aliphatic heterocycles. The molecule has 3 fully saturated rings. The van der Waals surface area contributed by atoms with Gasteiger partial charge in [-0.05, 0) is 30.7 Å². The third-order valence-electron chi connectivity index (χ3n) is 7.00. The average molecular weight is 463 g/mol. The van der Waals surface area contributed by atoms with Crippen molar-refractivity contribution in [3.05, 3.63) is 34.9 Å². The number of rotatable bonds is 5. The Morgan fingerprint density at radius 1 is 0.844 bits per heavy atom. The molecule has 0 atom stereocenters. The van der Waals surface area contributed by atoms with Gasteiger partial charge in [0.1, 0.15) is 7.28 Å². The van der Waals surface area contributed by atoms with Crippen LogP contribution in [0.2, 0.25) is 17.7 Å². The maximum Gasteiger partial charge on any atom is 0.123 e. The zero-order valence-corrected chi connectivity index (χ0v) is 20.8. The predicted octanol–water partition coefficient (Wildman–Crippen LogP) is 1.35. The number of fused-ring (bicyclic) bond motifs is 15. The molecule has 0 saturated carbocycles. The van der Waals surface area contributed by atoms with Gasteiger partial charge in [-0.1, -0.05) is 56.1 Å². The van der Waals surface area contributed by atoms with Gasteiger partial charge in [-0.3, -0.25) is 0 Å². The second-order valence-corrected chi connectivity index (χ2v) is 10.1. The maximum atomic E-state index is 6.09. The molecule has 8 heteroatoms. The minimum Gasteiger partial charge on any atom is -0.314 e. The molecule has 3 aliphatic rings. The van der Waals surface area contributed by atoms with E-state index in [0.717, 1.165) is 70.5 Å². The van der Waals surface area contributed by atoms with Gasteiger partial charge in [-0.25, -0.2) is 0 Å². The number of likely N-dealkylation sites (N-methyl/N-ethyl adjacent to an activating group) is 1. The number of hydrogen-bond donors (Lipinski definition) is 6. The van der Waals surface area contributed by atoms with E-state index in [1.54, 1.807) is 0 Å². The Hall–Kier alpha value is -0.665. The first-order valence-electron chi connectivity index (χ1n) is 12.7. The summed E-state index contributed by atoms with van der Waals surface area (Å²) in [5, 5.41) is 23.5. The Labute approximate surface area is 201 Å². The van der Waals surface area contributed by atoms with Gasteiger partial charge in [0.05, 0.1) is 0 Å². The highest BCUT2D eigenvalue weighted by Gasteiger charge is 2.31. The molecule has 180 valence electrons. The van der Waals surface area contributed by atoms with Gasteiger partial charge in [-0.2, -0.15) is 0 Å². The lowest BCUT2D eigenvalue weighted by Crippen LogP contribution is -2.61. The molecule has 0 unspecified atom stereocenters. The van der Waals surface area contributed by atoms with Gasteiger partial charge in [0, 0.05) is 75.0 Å². The van der Waals surface area contributed by atoms with Crippen molar-refractivity contribution >= 4 is 18.9 Å². The van der Waals surface area contributed by atoms with Crippen LogP contribution in [0.1, 0.15) is 31.7 Å². The molecule has 0 amide bonds. The van der Waals surface area contributed by atoms with Crippen LogP contribution in [-0.2, 0) is 6.54 Å². The first-order valence-corrected chi connectivity index (χ1v) is 13.1. The van der Waals surface area contributed by atoms with Crippen LogP contribution in [0, 0.1) is 0 Å². The molecule has 4 rings (SSSR count). The van der Waals surface area contributed by atoms with E-state index in [9.17, 15) is 0 Å². The molecule has 6 N–H and O–H groups in total. The van der Waals surface area contributed by atoms with E-state index < -0.39 is 0 Å². The van der Waals surface area contributed by atoms with Crippen LogP contribution in [-0.4, -0.2) is 77.3 Å². The first kappa shape index (κ1) is 25.9. The van der Waals surface area contributed by atoms with E-state index in [4.69, 9.17) is 11.6 Å². The summed E-state index contributed by atoms with van der Waals surface area (Å²) in [6.07, 6.45) is 6.28. The first-order chi connectivity index (χ1) is 15.7. The van der Waals surface area contributed by atoms with Gasteiger partial charge in [-0.15, -0.1) is 0 Å². The summed E-state index contributed by atoms with van der Waals surface area (Å²) in [6, 6.07) is 8.23. The van der Waals surface area contributed by atoms with Gasteiger partial charge in [0.2, 0.25) is 0 Å². The number of benzene rings is 1. The highest BCUT2D eigenvalue weighted by atomic mass is 35.5. The largest absolute Gasteiger partial charge is 0.314 e. The standard InChI is InChI=1S/C24H44BClN6/c1-2-31-24-16-25-10-4-3-9-23(17-27-11-13-29-19-24,18-28-12-14-30-20-24)32-15-21-5-7-22(26)8-6-21/h5-8,25,27-32H,2-4,9-20H2,1H3. The van der Waals surface area contributed by atoms with Crippen LogP contribution in [0.3, 0.4) is 0 Å². The minimum atomic E-state index is 0.0430. The summed E-state index contributed by atoms with van der Waals surface area (Å²) >= 11 is 6.09. The average Bonchev–Trinajstić information content (AvgIpc) is 2.80. The van der Waals surface area contributed by atoms with E-state index in [1.807, 2.05) is 12.1 Å².